The summed E-state index contributed by atoms with van der Waals surface area (Å²) in [5.41, 5.74) is 3.58. The third-order valence-electron chi connectivity index (χ3n) is 4.37. The average Bonchev–Trinajstić information content (AvgIpc) is 3.10. The number of fused-ring (bicyclic) bond motifs is 1. The number of amides is 1. The first-order chi connectivity index (χ1) is 12.3. The summed E-state index contributed by atoms with van der Waals surface area (Å²) in [6.07, 6.45) is 3.95. The van der Waals surface area contributed by atoms with Crippen LogP contribution in [0.1, 0.15) is 21.6 Å². The van der Waals surface area contributed by atoms with Gasteiger partial charge >= 0.3 is 0 Å². The lowest BCUT2D eigenvalue weighted by molar-refractivity contribution is 0.0303. The number of hydrogen-bond donors (Lipinski definition) is 1. The highest BCUT2D eigenvalue weighted by Gasteiger charge is 2.18. The van der Waals surface area contributed by atoms with Crippen LogP contribution in [0.3, 0.4) is 0 Å². The summed E-state index contributed by atoms with van der Waals surface area (Å²) >= 11 is 0. The first-order valence-electron chi connectivity index (χ1n) is 8.39. The van der Waals surface area contributed by atoms with Gasteiger partial charge in [-0.2, -0.15) is 5.10 Å². The molecule has 0 saturated carbocycles. The zero-order valence-electron chi connectivity index (χ0n) is 14.2. The van der Waals surface area contributed by atoms with Gasteiger partial charge in [0.05, 0.1) is 24.4 Å². The Hall–Kier alpha value is -2.63. The van der Waals surface area contributed by atoms with E-state index in [2.05, 4.69) is 10.2 Å². The Kier molecular flexibility index (Phi) is 5.71. The largest absolute Gasteiger partial charge is 0.378 e. The summed E-state index contributed by atoms with van der Waals surface area (Å²) < 4.78 is 5.31. The van der Waals surface area contributed by atoms with Crippen molar-refractivity contribution in [2.24, 2.45) is 0 Å². The van der Waals surface area contributed by atoms with Gasteiger partial charge in [0.15, 0.2) is 0 Å². The molecule has 1 N–H and O–H groups in total. The predicted octanol–water partition coefficient (Wildman–Crippen LogP) is 3.63. The van der Waals surface area contributed by atoms with E-state index in [0.29, 0.717) is 31.9 Å². The molecular formula is C20H20ClN3O2. The minimum atomic E-state index is 0. The monoisotopic (exact) mass is 369 g/mol. The summed E-state index contributed by atoms with van der Waals surface area (Å²) in [7, 11) is 0. The number of halogens is 1. The van der Waals surface area contributed by atoms with Crippen LogP contribution in [-0.2, 0) is 4.74 Å². The zero-order chi connectivity index (χ0) is 17.1. The average molecular weight is 370 g/mol. The van der Waals surface area contributed by atoms with Gasteiger partial charge in [-0.05, 0) is 29.8 Å². The number of aromatic nitrogens is 2. The maximum atomic E-state index is 12.6. The number of nitrogens with one attached hydrogen (secondary N) is 1. The van der Waals surface area contributed by atoms with Gasteiger partial charge in [0.25, 0.3) is 5.91 Å². The first-order valence-corrected chi connectivity index (χ1v) is 8.39. The molecule has 0 unspecified atom stereocenters. The van der Waals surface area contributed by atoms with Crippen molar-refractivity contribution >= 4 is 41.4 Å². The number of morpholine rings is 1. The van der Waals surface area contributed by atoms with E-state index in [1.54, 1.807) is 0 Å². The topological polar surface area (TPSA) is 58.2 Å². The van der Waals surface area contributed by atoms with Crippen molar-refractivity contribution in [1.29, 1.82) is 0 Å². The third kappa shape index (κ3) is 3.79. The van der Waals surface area contributed by atoms with Crippen LogP contribution >= 0.6 is 12.4 Å². The Balaban J connectivity index is 0.00000196. The summed E-state index contributed by atoms with van der Waals surface area (Å²) in [5, 5.41) is 8.45. The fourth-order valence-electron chi connectivity index (χ4n) is 3.01. The maximum absolute atomic E-state index is 12.6. The smallest absolute Gasteiger partial charge is 0.254 e. The van der Waals surface area contributed by atoms with E-state index in [9.17, 15) is 4.79 Å². The Morgan fingerprint density at radius 3 is 2.73 bits per heavy atom. The molecule has 0 bridgehead atoms. The summed E-state index contributed by atoms with van der Waals surface area (Å²) in [6.45, 7) is 2.52. The highest BCUT2D eigenvalue weighted by atomic mass is 35.5. The number of nitrogens with zero attached hydrogens (tertiary/aromatic N) is 2. The quantitative estimate of drug-likeness (QED) is 0.767. The summed E-state index contributed by atoms with van der Waals surface area (Å²) in [5.74, 6) is 0.0590. The lowest BCUT2D eigenvalue weighted by atomic mass is 10.1. The third-order valence-corrected chi connectivity index (χ3v) is 4.37. The van der Waals surface area contributed by atoms with Crippen LogP contribution in [0, 0.1) is 0 Å². The van der Waals surface area contributed by atoms with Crippen LogP contribution in [0.5, 0.6) is 0 Å². The Morgan fingerprint density at radius 2 is 1.88 bits per heavy atom. The van der Waals surface area contributed by atoms with Gasteiger partial charge in [-0.25, -0.2) is 0 Å². The molecule has 0 atom stereocenters. The van der Waals surface area contributed by atoms with Crippen LogP contribution in [0.4, 0.5) is 0 Å². The molecule has 4 rings (SSSR count). The second kappa shape index (κ2) is 8.17. The number of ether oxygens (including phenoxy) is 1. The predicted molar refractivity (Wildman–Crippen MR) is 105 cm³/mol. The summed E-state index contributed by atoms with van der Waals surface area (Å²) in [4.78, 5) is 14.4. The van der Waals surface area contributed by atoms with E-state index in [1.807, 2.05) is 65.6 Å². The van der Waals surface area contributed by atoms with Crippen LogP contribution < -0.4 is 0 Å². The van der Waals surface area contributed by atoms with Crippen LogP contribution in [0.25, 0.3) is 23.1 Å². The van der Waals surface area contributed by atoms with Crippen molar-refractivity contribution in [1.82, 2.24) is 15.1 Å². The molecular weight excluding hydrogens is 350 g/mol. The molecule has 1 aliphatic heterocycles. The van der Waals surface area contributed by atoms with Crippen LogP contribution in [0.15, 0.2) is 48.5 Å². The van der Waals surface area contributed by atoms with E-state index < -0.39 is 0 Å². The van der Waals surface area contributed by atoms with Gasteiger partial charge in [-0.15, -0.1) is 12.4 Å². The number of H-pyrrole nitrogens is 1. The van der Waals surface area contributed by atoms with Crippen LogP contribution in [-0.4, -0.2) is 47.3 Å². The van der Waals surface area contributed by atoms with E-state index in [4.69, 9.17) is 4.74 Å². The van der Waals surface area contributed by atoms with Gasteiger partial charge in [-0.1, -0.05) is 36.4 Å². The highest BCUT2D eigenvalue weighted by molar-refractivity contribution is 5.95. The highest BCUT2D eigenvalue weighted by Crippen LogP contribution is 2.18. The summed E-state index contributed by atoms with van der Waals surface area (Å²) in [6, 6.07) is 15.7. The van der Waals surface area contributed by atoms with Crippen molar-refractivity contribution in [2.75, 3.05) is 26.3 Å². The van der Waals surface area contributed by atoms with Gasteiger partial charge in [0.1, 0.15) is 0 Å². The van der Waals surface area contributed by atoms with Crippen molar-refractivity contribution in [3.8, 4) is 0 Å². The standard InChI is InChI=1S/C20H19N3O2.ClH/c24-20(23-10-12-25-13-11-23)16-5-3-4-15(14-16)8-9-19-17-6-1-2-7-18(17)21-22-19;/h1-9,14H,10-13H2,(H,21,22);1H. The van der Waals surface area contributed by atoms with E-state index in [0.717, 1.165) is 22.2 Å². The number of benzene rings is 2. The minimum absolute atomic E-state index is 0. The molecule has 3 aromatic rings. The minimum Gasteiger partial charge on any atom is -0.378 e. The van der Waals surface area contributed by atoms with Gasteiger partial charge in [0, 0.05) is 24.0 Å². The number of para-hydroxylation sites is 1. The molecule has 0 radical (unpaired) electrons. The second-order valence-corrected chi connectivity index (χ2v) is 6.02. The molecule has 6 heteroatoms. The number of carbonyl (C=O) groups is 1. The fraction of sp³-hybridized carbons (Fsp3) is 0.200. The lowest BCUT2D eigenvalue weighted by Gasteiger charge is -2.26. The van der Waals surface area contributed by atoms with Crippen molar-refractivity contribution in [3.63, 3.8) is 0 Å². The van der Waals surface area contributed by atoms with E-state index in [-0.39, 0.29) is 18.3 Å². The first kappa shape index (κ1) is 18.2. The number of hydrogen-bond acceptors (Lipinski definition) is 3. The zero-order valence-corrected chi connectivity index (χ0v) is 15.0. The maximum Gasteiger partial charge on any atom is 0.254 e. The molecule has 26 heavy (non-hydrogen) atoms. The van der Waals surface area contributed by atoms with Gasteiger partial charge in [0.2, 0.25) is 0 Å². The molecule has 134 valence electrons. The molecule has 1 aromatic heterocycles. The van der Waals surface area contributed by atoms with E-state index >= 15 is 0 Å². The van der Waals surface area contributed by atoms with Crippen molar-refractivity contribution in [3.05, 3.63) is 65.4 Å². The number of rotatable bonds is 3. The molecule has 1 amide bonds. The Morgan fingerprint density at radius 1 is 1.08 bits per heavy atom. The Bertz CT molecular complexity index is 929. The lowest BCUT2D eigenvalue weighted by Crippen LogP contribution is -2.40. The molecule has 1 saturated heterocycles. The molecule has 0 aliphatic carbocycles. The van der Waals surface area contributed by atoms with E-state index in [1.165, 1.54) is 0 Å². The van der Waals surface area contributed by atoms with Gasteiger partial charge < -0.3 is 9.64 Å². The second-order valence-electron chi connectivity index (χ2n) is 6.02. The molecule has 2 aromatic carbocycles. The number of carbonyl (C=O) groups excluding carboxylic acids is 1. The molecule has 2 heterocycles. The number of aromatic amines is 1. The normalized spacial score (nSPS) is 14.5. The van der Waals surface area contributed by atoms with Crippen LogP contribution in [0.2, 0.25) is 0 Å². The molecule has 1 aliphatic rings. The Labute approximate surface area is 158 Å². The van der Waals surface area contributed by atoms with Gasteiger partial charge in [-0.3, -0.25) is 9.89 Å². The molecule has 5 nitrogen and oxygen atoms in total. The van der Waals surface area contributed by atoms with Crippen molar-refractivity contribution in [2.45, 2.75) is 0 Å². The molecule has 1 fully saturated rings. The fourth-order valence-corrected chi connectivity index (χ4v) is 3.01. The van der Waals surface area contributed by atoms with Crippen molar-refractivity contribution < 1.29 is 9.53 Å². The molecule has 0 spiro atoms. The SMILES string of the molecule is Cl.O=C(c1cccc(C=Cc2n[nH]c3ccccc23)c1)N1CCOCC1.